The summed E-state index contributed by atoms with van der Waals surface area (Å²) in [4.78, 5) is 11.9. The van der Waals surface area contributed by atoms with Gasteiger partial charge >= 0.3 is 0 Å². The second kappa shape index (κ2) is 5.56. The summed E-state index contributed by atoms with van der Waals surface area (Å²) in [6, 6.07) is 6.72. The number of aromatic hydroxyl groups is 1. The number of carbonyl (C=O) groups excluding carboxylic acids is 1. The minimum absolute atomic E-state index is 0.0488. The zero-order chi connectivity index (χ0) is 13.8. The molecule has 0 bridgehead atoms. The van der Waals surface area contributed by atoms with Gasteiger partial charge in [-0.2, -0.15) is 0 Å². The smallest absolute Gasteiger partial charge is 0.255 e. The zero-order valence-electron chi connectivity index (χ0n) is 10.4. The molecule has 0 spiro atoms. The van der Waals surface area contributed by atoms with Gasteiger partial charge in [0.2, 0.25) is 0 Å². The largest absolute Gasteiger partial charge is 0.507 e. The molecule has 1 atom stereocenters. The van der Waals surface area contributed by atoms with Crippen LogP contribution in [0.25, 0.3) is 0 Å². The van der Waals surface area contributed by atoms with Gasteiger partial charge in [-0.05, 0) is 31.2 Å². The summed E-state index contributed by atoms with van der Waals surface area (Å²) in [7, 11) is 0. The van der Waals surface area contributed by atoms with E-state index in [-0.39, 0.29) is 17.4 Å². The fourth-order valence-corrected chi connectivity index (χ4v) is 1.78. The molecule has 0 saturated heterocycles. The summed E-state index contributed by atoms with van der Waals surface area (Å²) in [5, 5.41) is 12.2. The van der Waals surface area contributed by atoms with Crippen LogP contribution in [0.3, 0.4) is 0 Å². The van der Waals surface area contributed by atoms with Crippen molar-refractivity contribution in [3.8, 4) is 5.75 Å². The molecule has 1 aromatic carbocycles. The summed E-state index contributed by atoms with van der Waals surface area (Å²) in [5.74, 6) is -0.645. The highest BCUT2D eigenvalue weighted by molar-refractivity contribution is 5.96. The highest BCUT2D eigenvalue weighted by Crippen LogP contribution is 2.18. The van der Waals surface area contributed by atoms with E-state index in [0.29, 0.717) is 6.42 Å². The van der Waals surface area contributed by atoms with E-state index in [1.807, 2.05) is 13.0 Å². The summed E-state index contributed by atoms with van der Waals surface area (Å²) in [6.07, 6.45) is 2.11. The molecule has 5 heteroatoms. The predicted octanol–water partition coefficient (Wildman–Crippen LogP) is 2.49. The minimum Gasteiger partial charge on any atom is -0.507 e. The third-order valence-electron chi connectivity index (χ3n) is 2.67. The van der Waals surface area contributed by atoms with E-state index in [1.54, 1.807) is 12.3 Å². The fraction of sp³-hybridized carbons (Fsp3) is 0.214. The summed E-state index contributed by atoms with van der Waals surface area (Å²) in [5.41, 5.74) is 0.0488. The maximum Gasteiger partial charge on any atom is 0.255 e. The Kier molecular flexibility index (Phi) is 3.85. The third kappa shape index (κ3) is 3.34. The zero-order valence-corrected chi connectivity index (χ0v) is 10.4. The van der Waals surface area contributed by atoms with Crippen molar-refractivity contribution in [2.75, 3.05) is 0 Å². The SMILES string of the molecule is CC(Cc1ccco1)NC(=O)c1ccc(F)cc1O. The van der Waals surface area contributed by atoms with E-state index in [4.69, 9.17) is 4.42 Å². The van der Waals surface area contributed by atoms with Crippen LogP contribution in [0.4, 0.5) is 4.39 Å². The van der Waals surface area contributed by atoms with Crippen LogP contribution in [0, 0.1) is 5.82 Å². The standard InChI is InChI=1S/C14H14FNO3/c1-9(7-11-3-2-6-19-11)16-14(18)12-5-4-10(15)8-13(12)17/h2-6,8-9,17H,7H2,1H3,(H,16,18). The maximum atomic E-state index is 12.8. The second-order valence-corrected chi connectivity index (χ2v) is 4.32. The van der Waals surface area contributed by atoms with Crippen LogP contribution in [0.1, 0.15) is 23.0 Å². The number of hydrogen-bond donors (Lipinski definition) is 2. The Morgan fingerprint density at radius 2 is 2.26 bits per heavy atom. The minimum atomic E-state index is -0.585. The molecular formula is C14H14FNO3. The topological polar surface area (TPSA) is 62.5 Å². The van der Waals surface area contributed by atoms with Gasteiger partial charge in [-0.15, -0.1) is 0 Å². The molecule has 1 unspecified atom stereocenters. The van der Waals surface area contributed by atoms with Crippen LogP contribution < -0.4 is 5.32 Å². The third-order valence-corrected chi connectivity index (χ3v) is 2.67. The van der Waals surface area contributed by atoms with Crippen molar-refractivity contribution in [1.82, 2.24) is 5.32 Å². The second-order valence-electron chi connectivity index (χ2n) is 4.32. The Hall–Kier alpha value is -2.30. The number of hydrogen-bond acceptors (Lipinski definition) is 3. The molecule has 2 aromatic rings. The first-order valence-corrected chi connectivity index (χ1v) is 5.88. The molecule has 0 saturated carbocycles. The number of rotatable bonds is 4. The van der Waals surface area contributed by atoms with Gasteiger partial charge in [-0.25, -0.2) is 4.39 Å². The number of halogens is 1. The van der Waals surface area contributed by atoms with E-state index in [0.717, 1.165) is 17.9 Å². The van der Waals surface area contributed by atoms with Crippen LogP contribution in [-0.4, -0.2) is 17.1 Å². The molecule has 0 aliphatic heterocycles. The van der Waals surface area contributed by atoms with Crippen LogP contribution in [0.2, 0.25) is 0 Å². The van der Waals surface area contributed by atoms with Crippen LogP contribution in [0.5, 0.6) is 5.75 Å². The number of phenolic OH excluding ortho intramolecular Hbond substituents is 1. The van der Waals surface area contributed by atoms with Gasteiger partial charge in [0.15, 0.2) is 0 Å². The molecule has 4 nitrogen and oxygen atoms in total. The molecule has 1 heterocycles. The molecule has 2 rings (SSSR count). The lowest BCUT2D eigenvalue weighted by molar-refractivity contribution is 0.0936. The Labute approximate surface area is 109 Å². The number of amides is 1. The average Bonchev–Trinajstić information content (AvgIpc) is 2.81. The first-order valence-electron chi connectivity index (χ1n) is 5.88. The van der Waals surface area contributed by atoms with Crippen LogP contribution in [-0.2, 0) is 6.42 Å². The number of phenols is 1. The molecule has 100 valence electrons. The lowest BCUT2D eigenvalue weighted by Gasteiger charge is -2.13. The summed E-state index contributed by atoms with van der Waals surface area (Å²) < 4.78 is 18.0. The van der Waals surface area contributed by atoms with Crippen molar-refractivity contribution < 1.29 is 18.7 Å². The molecule has 2 N–H and O–H groups in total. The van der Waals surface area contributed by atoms with Gasteiger partial charge in [0, 0.05) is 18.5 Å². The lowest BCUT2D eigenvalue weighted by atomic mass is 10.1. The quantitative estimate of drug-likeness (QED) is 0.890. The molecule has 1 aromatic heterocycles. The first-order chi connectivity index (χ1) is 9.06. The molecule has 0 aliphatic carbocycles. The van der Waals surface area contributed by atoms with Crippen LogP contribution >= 0.6 is 0 Å². The van der Waals surface area contributed by atoms with E-state index in [9.17, 15) is 14.3 Å². The molecule has 0 fully saturated rings. The van der Waals surface area contributed by atoms with E-state index < -0.39 is 11.7 Å². The summed E-state index contributed by atoms with van der Waals surface area (Å²) in [6.45, 7) is 1.82. The predicted molar refractivity (Wildman–Crippen MR) is 67.4 cm³/mol. The van der Waals surface area contributed by atoms with Gasteiger partial charge in [-0.3, -0.25) is 4.79 Å². The summed E-state index contributed by atoms with van der Waals surface area (Å²) >= 11 is 0. The highest BCUT2D eigenvalue weighted by Gasteiger charge is 2.15. The van der Waals surface area contributed by atoms with E-state index >= 15 is 0 Å². The Morgan fingerprint density at radius 1 is 1.47 bits per heavy atom. The van der Waals surface area contributed by atoms with Gasteiger partial charge < -0.3 is 14.8 Å². The molecule has 0 aliphatic rings. The Balaban J connectivity index is 2.00. The monoisotopic (exact) mass is 263 g/mol. The van der Waals surface area contributed by atoms with Crippen molar-refractivity contribution in [2.24, 2.45) is 0 Å². The number of furan rings is 1. The number of benzene rings is 1. The van der Waals surface area contributed by atoms with Gasteiger partial charge in [0.25, 0.3) is 5.91 Å². The van der Waals surface area contributed by atoms with Crippen LogP contribution in [0.15, 0.2) is 41.0 Å². The number of nitrogens with one attached hydrogen (secondary N) is 1. The van der Waals surface area contributed by atoms with Gasteiger partial charge in [-0.1, -0.05) is 0 Å². The lowest BCUT2D eigenvalue weighted by Crippen LogP contribution is -2.34. The molecule has 1 amide bonds. The fourth-order valence-electron chi connectivity index (χ4n) is 1.78. The molecule has 19 heavy (non-hydrogen) atoms. The van der Waals surface area contributed by atoms with E-state index in [1.165, 1.54) is 6.07 Å². The van der Waals surface area contributed by atoms with Crippen molar-refractivity contribution in [3.05, 3.63) is 53.7 Å². The molecular weight excluding hydrogens is 249 g/mol. The molecule has 0 radical (unpaired) electrons. The van der Waals surface area contributed by atoms with Crippen molar-refractivity contribution in [3.63, 3.8) is 0 Å². The van der Waals surface area contributed by atoms with Gasteiger partial charge in [0.1, 0.15) is 17.3 Å². The normalized spacial score (nSPS) is 12.1. The van der Waals surface area contributed by atoms with Crippen molar-refractivity contribution >= 4 is 5.91 Å². The highest BCUT2D eigenvalue weighted by atomic mass is 19.1. The van der Waals surface area contributed by atoms with Crippen molar-refractivity contribution in [1.29, 1.82) is 0 Å². The van der Waals surface area contributed by atoms with Gasteiger partial charge in [0.05, 0.1) is 11.8 Å². The first kappa shape index (κ1) is 13.1. The maximum absolute atomic E-state index is 12.8. The average molecular weight is 263 g/mol. The Bertz CT molecular complexity index is 566. The van der Waals surface area contributed by atoms with E-state index in [2.05, 4.69) is 5.32 Å². The van der Waals surface area contributed by atoms with Crippen molar-refractivity contribution in [2.45, 2.75) is 19.4 Å². The Morgan fingerprint density at radius 3 is 2.89 bits per heavy atom. The number of carbonyl (C=O) groups is 1.